The molecule has 1 heterocycles. The maximum absolute atomic E-state index is 11.7. The third kappa shape index (κ3) is 3.88. The summed E-state index contributed by atoms with van der Waals surface area (Å²) in [4.78, 5) is 11.7. The number of aryl methyl sites for hydroxylation is 1. The van der Waals surface area contributed by atoms with Gasteiger partial charge in [0.2, 0.25) is 5.91 Å². The molecule has 0 saturated carbocycles. The second-order valence-electron chi connectivity index (χ2n) is 4.86. The minimum Gasteiger partial charge on any atom is -0.356 e. The number of carbonyl (C=O) groups is 1. The number of hydrogen-bond acceptors (Lipinski definition) is 1. The van der Waals surface area contributed by atoms with Crippen LogP contribution in [0.4, 0.5) is 0 Å². The van der Waals surface area contributed by atoms with E-state index >= 15 is 0 Å². The molecule has 92 valence electrons. The van der Waals surface area contributed by atoms with E-state index in [2.05, 4.69) is 29.6 Å². The topological polar surface area (TPSA) is 29.1 Å². The van der Waals surface area contributed by atoms with Crippen LogP contribution in [-0.4, -0.2) is 12.5 Å². The third-order valence-electron chi connectivity index (χ3n) is 3.51. The van der Waals surface area contributed by atoms with Crippen molar-refractivity contribution in [3.05, 3.63) is 35.9 Å². The Morgan fingerprint density at radius 3 is 2.82 bits per heavy atom. The lowest BCUT2D eigenvalue weighted by molar-refractivity contribution is -0.124. The number of amides is 1. The molecule has 1 saturated heterocycles. The van der Waals surface area contributed by atoms with Gasteiger partial charge in [-0.25, -0.2) is 0 Å². The predicted octanol–water partition coefficient (Wildman–Crippen LogP) is 2.93. The highest BCUT2D eigenvalue weighted by Gasteiger charge is 2.19. The fourth-order valence-corrected chi connectivity index (χ4v) is 2.48. The van der Waals surface area contributed by atoms with Crippen molar-refractivity contribution in [3.63, 3.8) is 0 Å². The molecule has 0 aromatic heterocycles. The zero-order valence-electron chi connectivity index (χ0n) is 10.3. The minimum atomic E-state index is 0.251. The zero-order chi connectivity index (χ0) is 11.9. The first kappa shape index (κ1) is 12.2. The van der Waals surface area contributed by atoms with E-state index in [4.69, 9.17) is 0 Å². The maximum atomic E-state index is 11.7. The zero-order valence-corrected chi connectivity index (χ0v) is 10.3. The first-order chi connectivity index (χ1) is 8.36. The van der Waals surface area contributed by atoms with E-state index in [0.29, 0.717) is 0 Å². The molecule has 0 spiro atoms. The van der Waals surface area contributed by atoms with Crippen LogP contribution in [0.3, 0.4) is 0 Å². The van der Waals surface area contributed by atoms with Crippen molar-refractivity contribution in [2.24, 2.45) is 5.92 Å². The van der Waals surface area contributed by atoms with Crippen molar-refractivity contribution in [2.45, 2.75) is 38.5 Å². The van der Waals surface area contributed by atoms with Gasteiger partial charge >= 0.3 is 0 Å². The molecule has 0 aliphatic carbocycles. The molecule has 2 nitrogen and oxygen atoms in total. The molecule has 1 unspecified atom stereocenters. The van der Waals surface area contributed by atoms with Crippen LogP contribution in [0, 0.1) is 5.92 Å². The average Bonchev–Trinajstić information content (AvgIpc) is 2.56. The molecule has 0 radical (unpaired) electrons. The predicted molar refractivity (Wildman–Crippen MR) is 69.7 cm³/mol. The first-order valence-electron chi connectivity index (χ1n) is 6.68. The Balaban J connectivity index is 1.75. The number of hydrogen-bond donors (Lipinski definition) is 1. The fourth-order valence-electron chi connectivity index (χ4n) is 2.48. The van der Waals surface area contributed by atoms with Crippen LogP contribution in [-0.2, 0) is 11.2 Å². The average molecular weight is 231 g/mol. The van der Waals surface area contributed by atoms with Gasteiger partial charge < -0.3 is 5.32 Å². The lowest BCUT2D eigenvalue weighted by Gasteiger charge is -2.12. The van der Waals surface area contributed by atoms with Crippen molar-refractivity contribution < 1.29 is 4.79 Å². The molecule has 17 heavy (non-hydrogen) atoms. The van der Waals surface area contributed by atoms with Crippen molar-refractivity contribution in [1.29, 1.82) is 0 Å². The van der Waals surface area contributed by atoms with Gasteiger partial charge in [0.1, 0.15) is 0 Å². The Kier molecular flexibility index (Phi) is 4.60. The smallest absolute Gasteiger partial charge is 0.223 e. The van der Waals surface area contributed by atoms with E-state index in [1.54, 1.807) is 0 Å². The van der Waals surface area contributed by atoms with Crippen molar-refractivity contribution in [1.82, 2.24) is 5.32 Å². The molecule has 1 amide bonds. The molecular weight excluding hydrogens is 210 g/mol. The van der Waals surface area contributed by atoms with Gasteiger partial charge in [-0.15, -0.1) is 0 Å². The van der Waals surface area contributed by atoms with Crippen LogP contribution >= 0.6 is 0 Å². The van der Waals surface area contributed by atoms with E-state index in [1.165, 1.54) is 12.0 Å². The summed E-state index contributed by atoms with van der Waals surface area (Å²) in [5.41, 5.74) is 1.38. The summed E-state index contributed by atoms with van der Waals surface area (Å²) in [7, 11) is 0. The van der Waals surface area contributed by atoms with Gasteiger partial charge in [0.15, 0.2) is 0 Å². The molecule has 1 N–H and O–H groups in total. The van der Waals surface area contributed by atoms with Crippen LogP contribution in [0.1, 0.15) is 37.7 Å². The molecule has 1 aliphatic rings. The van der Waals surface area contributed by atoms with Crippen LogP contribution in [0.15, 0.2) is 30.3 Å². The molecule has 1 aromatic carbocycles. The Hall–Kier alpha value is -1.31. The minimum absolute atomic E-state index is 0.251. The highest BCUT2D eigenvalue weighted by atomic mass is 16.1. The molecule has 1 fully saturated rings. The summed E-state index contributed by atoms with van der Waals surface area (Å²) < 4.78 is 0. The Morgan fingerprint density at radius 1 is 1.18 bits per heavy atom. The third-order valence-corrected chi connectivity index (χ3v) is 3.51. The number of nitrogens with one attached hydrogen (secondary N) is 1. The fraction of sp³-hybridized carbons (Fsp3) is 0.533. The van der Waals surface area contributed by atoms with Crippen molar-refractivity contribution in [3.8, 4) is 0 Å². The summed E-state index contributed by atoms with van der Waals surface area (Å²) in [5, 5.41) is 3.00. The van der Waals surface area contributed by atoms with Crippen LogP contribution in [0.2, 0.25) is 0 Å². The molecule has 2 rings (SSSR count). The van der Waals surface area contributed by atoms with Crippen LogP contribution < -0.4 is 5.32 Å². The lowest BCUT2D eigenvalue weighted by Crippen LogP contribution is -2.28. The summed E-state index contributed by atoms with van der Waals surface area (Å²) in [6, 6.07) is 10.5. The number of rotatable bonds is 4. The molecule has 1 aromatic rings. The van der Waals surface area contributed by atoms with Gasteiger partial charge in [0.05, 0.1) is 0 Å². The largest absolute Gasteiger partial charge is 0.356 e. The number of benzene rings is 1. The van der Waals surface area contributed by atoms with Crippen molar-refractivity contribution in [2.75, 3.05) is 6.54 Å². The summed E-state index contributed by atoms with van der Waals surface area (Å²) in [6.07, 6.45) is 6.63. The summed E-state index contributed by atoms with van der Waals surface area (Å²) in [5.74, 6) is 0.525. The number of carbonyl (C=O) groups excluding carboxylic acids is 1. The van der Waals surface area contributed by atoms with Gasteiger partial charge in [0.25, 0.3) is 0 Å². The Bertz CT molecular complexity index is 347. The summed E-state index contributed by atoms with van der Waals surface area (Å²) in [6.45, 7) is 0.869. The highest BCUT2D eigenvalue weighted by molar-refractivity contribution is 5.78. The normalized spacial score (nSPS) is 20.7. The maximum Gasteiger partial charge on any atom is 0.223 e. The van der Waals surface area contributed by atoms with Gasteiger partial charge in [0, 0.05) is 12.5 Å². The van der Waals surface area contributed by atoms with Gasteiger partial charge in [-0.2, -0.15) is 0 Å². The van der Waals surface area contributed by atoms with Crippen LogP contribution in [0.5, 0.6) is 0 Å². The standard InChI is InChI=1S/C15H21NO/c17-15-14(10-4-5-12-16-15)11-6-9-13-7-2-1-3-8-13/h1-3,7-8,14H,4-6,9-12H2,(H,16,17). The molecule has 2 heteroatoms. The highest BCUT2D eigenvalue weighted by Crippen LogP contribution is 2.19. The first-order valence-corrected chi connectivity index (χ1v) is 6.68. The second-order valence-corrected chi connectivity index (χ2v) is 4.86. The van der Waals surface area contributed by atoms with E-state index in [-0.39, 0.29) is 11.8 Å². The summed E-state index contributed by atoms with van der Waals surface area (Å²) >= 11 is 0. The molecule has 1 aliphatic heterocycles. The molecular formula is C15H21NO. The molecule has 1 atom stereocenters. The van der Waals surface area contributed by atoms with E-state index in [9.17, 15) is 4.79 Å². The monoisotopic (exact) mass is 231 g/mol. The van der Waals surface area contributed by atoms with E-state index in [1.807, 2.05) is 6.07 Å². The van der Waals surface area contributed by atoms with Gasteiger partial charge in [-0.1, -0.05) is 36.8 Å². The van der Waals surface area contributed by atoms with Crippen molar-refractivity contribution >= 4 is 5.91 Å². The lowest BCUT2D eigenvalue weighted by atomic mass is 9.95. The van der Waals surface area contributed by atoms with Crippen LogP contribution in [0.25, 0.3) is 0 Å². The second kappa shape index (κ2) is 6.43. The quantitative estimate of drug-likeness (QED) is 0.848. The Labute approximate surface area is 103 Å². The Morgan fingerprint density at radius 2 is 2.00 bits per heavy atom. The SMILES string of the molecule is O=C1NCCCCC1CCCc1ccccc1. The molecule has 0 bridgehead atoms. The van der Waals surface area contributed by atoms with E-state index in [0.717, 1.165) is 38.6 Å². The van der Waals surface area contributed by atoms with Gasteiger partial charge in [-0.3, -0.25) is 4.79 Å². The van der Waals surface area contributed by atoms with E-state index < -0.39 is 0 Å². The van der Waals surface area contributed by atoms with Gasteiger partial charge in [-0.05, 0) is 37.7 Å².